The molecule has 0 atom stereocenters. The first-order valence-corrected chi connectivity index (χ1v) is 31.6. The smallest absolute Gasteiger partial charge is 0.159 e. The lowest BCUT2D eigenvalue weighted by Crippen LogP contribution is -2.10. The van der Waals surface area contributed by atoms with Crippen LogP contribution in [0.1, 0.15) is 0 Å². The maximum Gasteiger partial charge on any atom is 0.159 e. The molecule has 6 nitrogen and oxygen atoms in total. The van der Waals surface area contributed by atoms with Crippen molar-refractivity contribution in [3.05, 3.63) is 291 Å². The highest BCUT2D eigenvalue weighted by Crippen LogP contribution is 2.49. The number of rotatable bonds is 8. The van der Waals surface area contributed by atoms with Gasteiger partial charge in [0, 0.05) is 91.7 Å². The van der Waals surface area contributed by atoms with Crippen LogP contribution in [0.4, 0.5) is 34.1 Å². The van der Waals surface area contributed by atoms with Crippen LogP contribution in [0.2, 0.25) is 0 Å². The minimum atomic E-state index is 0.838. The number of fused-ring (bicyclic) bond motifs is 21. The number of nitrogens with zero attached hydrogens (tertiary/aromatic N) is 2. The number of hydrogen-bond donors (Lipinski definition) is 0. The normalized spacial score (nSPS) is 12.2. The van der Waals surface area contributed by atoms with E-state index in [4.69, 9.17) is 17.7 Å². The summed E-state index contributed by atoms with van der Waals surface area (Å²) in [4.78, 5) is 4.78. The van der Waals surface area contributed by atoms with Crippen LogP contribution in [0.3, 0.4) is 0 Å². The summed E-state index contributed by atoms with van der Waals surface area (Å²) < 4.78 is 28.3. The topological polar surface area (TPSA) is 59.0 Å². The molecule has 0 aliphatic carbocycles. The molecule has 20 rings (SSSR count). The van der Waals surface area contributed by atoms with Crippen LogP contribution >= 0.6 is 11.3 Å². The number of furan rings is 4. The fourth-order valence-corrected chi connectivity index (χ4v) is 15.7. The SMILES string of the molecule is c1cc(-c2ccc3oc4ccccc4c3c2)cc(N(c2ccc3oc4ccccc4c3c2)c2ccc3c(c2)c2ccccc2c2cc4c(cc32)sc2ccc(N(c3cccc(-c5ccc6oc7ccccc7c6c5)c3)c3cccc5c3oc3ccccc35)cc24)c1. The number of hydrogen-bond acceptors (Lipinski definition) is 7. The van der Waals surface area contributed by atoms with Gasteiger partial charge in [0.05, 0.1) is 5.69 Å². The minimum absolute atomic E-state index is 0.838. The Hall–Kier alpha value is -11.9. The van der Waals surface area contributed by atoms with Crippen molar-refractivity contribution in [3.8, 4) is 22.3 Å². The van der Waals surface area contributed by atoms with Gasteiger partial charge < -0.3 is 27.5 Å². The molecule has 0 saturated heterocycles. The van der Waals surface area contributed by atoms with E-state index in [-0.39, 0.29) is 0 Å². The monoisotopic (exact) mass is 1180 g/mol. The van der Waals surface area contributed by atoms with Crippen molar-refractivity contribution >= 4 is 186 Å². The molecule has 7 heteroatoms. The number of thiophene rings is 1. The molecule has 0 unspecified atom stereocenters. The van der Waals surface area contributed by atoms with Gasteiger partial charge in [-0.05, 0) is 194 Å². The molecule has 0 aliphatic heterocycles. The zero-order valence-electron chi connectivity index (χ0n) is 48.6. The molecule has 5 aromatic heterocycles. The molecule has 0 radical (unpaired) electrons. The summed E-state index contributed by atoms with van der Waals surface area (Å²) in [6.07, 6.45) is 0. The summed E-state index contributed by atoms with van der Waals surface area (Å²) in [6.45, 7) is 0. The van der Waals surface area contributed by atoms with Gasteiger partial charge in [-0.15, -0.1) is 11.3 Å². The molecule has 0 fully saturated rings. The van der Waals surface area contributed by atoms with Crippen LogP contribution in [-0.4, -0.2) is 0 Å². The molecule has 424 valence electrons. The van der Waals surface area contributed by atoms with Crippen molar-refractivity contribution in [1.29, 1.82) is 0 Å². The van der Waals surface area contributed by atoms with Crippen LogP contribution in [-0.2, 0) is 0 Å². The highest BCUT2D eigenvalue weighted by atomic mass is 32.1. The Morgan fingerprint density at radius 1 is 0.198 bits per heavy atom. The van der Waals surface area contributed by atoms with Gasteiger partial charge in [-0.3, -0.25) is 0 Å². The van der Waals surface area contributed by atoms with Crippen LogP contribution in [0.25, 0.3) is 162 Å². The van der Waals surface area contributed by atoms with Crippen molar-refractivity contribution < 1.29 is 17.7 Å². The van der Waals surface area contributed by atoms with Crippen molar-refractivity contribution in [3.63, 3.8) is 0 Å². The number of anilines is 6. The highest BCUT2D eigenvalue weighted by molar-refractivity contribution is 7.26. The molecular weight excluding hydrogens is 1130 g/mol. The molecule has 0 bridgehead atoms. The second-order valence-corrected chi connectivity index (χ2v) is 25.0. The van der Waals surface area contributed by atoms with E-state index in [2.05, 4.69) is 259 Å². The molecule has 15 aromatic carbocycles. The Kier molecular flexibility index (Phi) is 10.6. The molecule has 91 heavy (non-hydrogen) atoms. The Morgan fingerprint density at radius 3 is 1.20 bits per heavy atom. The number of benzene rings is 15. The van der Waals surface area contributed by atoms with Crippen LogP contribution in [0.15, 0.2) is 309 Å². The van der Waals surface area contributed by atoms with Gasteiger partial charge in [-0.2, -0.15) is 0 Å². The van der Waals surface area contributed by atoms with Crippen LogP contribution in [0.5, 0.6) is 0 Å². The second kappa shape index (κ2) is 19.3. The summed E-state index contributed by atoms with van der Waals surface area (Å²) >= 11 is 1.85. The zero-order chi connectivity index (χ0) is 59.4. The van der Waals surface area contributed by atoms with E-state index in [1.165, 1.54) is 52.5 Å². The molecule has 0 spiro atoms. The van der Waals surface area contributed by atoms with Crippen molar-refractivity contribution in [1.82, 2.24) is 0 Å². The van der Waals surface area contributed by atoms with E-state index in [1.54, 1.807) is 0 Å². The summed E-state index contributed by atoms with van der Waals surface area (Å²) in [5.74, 6) is 0. The summed E-state index contributed by atoms with van der Waals surface area (Å²) in [5.41, 5.74) is 17.6. The molecule has 20 aromatic rings. The van der Waals surface area contributed by atoms with E-state index in [0.717, 1.165) is 144 Å². The standard InChI is InChI=1S/C84H48N2O4S/c1-2-19-59-58(18-1)66-44-55(85(56-33-38-81-71(45-56)64-23-6-9-28-77(64)89-81)53-16-11-14-49(40-53)51-30-36-79-69(42-51)62-21-4-7-26-75(62)87-79)32-35-60(66)68-48-83-73(47-67(59)68)72-46-57(34-39-82(72)91-83)86(74-25-13-24-65-61-20-3-10-29-78(61)90-84(65)74)54-17-12-15-50(41-54)52-31-37-80-70(43-52)63-22-5-8-27-76(63)88-80/h1-48H. The average Bonchev–Trinajstić information content (AvgIpc) is 1.79. The maximum atomic E-state index is 6.84. The molecule has 0 amide bonds. The van der Waals surface area contributed by atoms with Crippen LogP contribution < -0.4 is 9.80 Å². The third-order valence-corrected chi connectivity index (χ3v) is 19.9. The van der Waals surface area contributed by atoms with Crippen LogP contribution in [0, 0.1) is 0 Å². The highest BCUT2D eigenvalue weighted by Gasteiger charge is 2.24. The van der Waals surface area contributed by atoms with E-state index >= 15 is 0 Å². The van der Waals surface area contributed by atoms with Gasteiger partial charge in [-0.1, -0.05) is 152 Å². The molecule has 0 N–H and O–H groups in total. The predicted octanol–water partition coefficient (Wildman–Crippen LogP) is 25.4. The molecule has 0 saturated carbocycles. The first kappa shape index (κ1) is 50.1. The maximum absolute atomic E-state index is 6.84. The van der Waals surface area contributed by atoms with Gasteiger partial charge >= 0.3 is 0 Å². The average molecular weight is 1180 g/mol. The fraction of sp³-hybridized carbons (Fsp3) is 0. The largest absolute Gasteiger partial charge is 0.456 e. The van der Waals surface area contributed by atoms with Gasteiger partial charge in [0.2, 0.25) is 0 Å². The molecule has 5 heterocycles. The zero-order valence-corrected chi connectivity index (χ0v) is 49.5. The summed E-state index contributed by atoms with van der Waals surface area (Å²) in [5, 5.41) is 18.4. The Morgan fingerprint density at radius 2 is 0.582 bits per heavy atom. The van der Waals surface area contributed by atoms with Crippen molar-refractivity contribution in [2.75, 3.05) is 9.80 Å². The van der Waals surface area contributed by atoms with Gasteiger partial charge in [-0.25, -0.2) is 0 Å². The Bertz CT molecular complexity index is 6450. The molecular formula is C84H48N2O4S. The summed E-state index contributed by atoms with van der Waals surface area (Å²) in [7, 11) is 0. The lowest BCUT2D eigenvalue weighted by molar-refractivity contribution is 0.668. The fourth-order valence-electron chi connectivity index (χ4n) is 14.6. The third-order valence-electron chi connectivity index (χ3n) is 18.8. The lowest BCUT2D eigenvalue weighted by Gasteiger charge is -2.27. The summed E-state index contributed by atoms with van der Waals surface area (Å²) in [6, 6.07) is 105. The molecule has 0 aliphatic rings. The van der Waals surface area contributed by atoms with Crippen molar-refractivity contribution in [2.24, 2.45) is 0 Å². The van der Waals surface area contributed by atoms with Gasteiger partial charge in [0.25, 0.3) is 0 Å². The Balaban J connectivity index is 0.750. The van der Waals surface area contributed by atoms with E-state index in [1.807, 2.05) is 53.8 Å². The first-order chi connectivity index (χ1) is 45.0. The predicted molar refractivity (Wildman–Crippen MR) is 381 cm³/mol. The Labute approximate surface area is 523 Å². The van der Waals surface area contributed by atoms with E-state index in [0.29, 0.717) is 0 Å². The lowest BCUT2D eigenvalue weighted by atomic mass is 9.92. The van der Waals surface area contributed by atoms with Gasteiger partial charge in [0.15, 0.2) is 5.58 Å². The minimum Gasteiger partial charge on any atom is -0.456 e. The second-order valence-electron chi connectivity index (χ2n) is 23.9. The third kappa shape index (κ3) is 7.72. The quantitative estimate of drug-likeness (QED) is 0.141. The number of para-hydroxylation sites is 5. The van der Waals surface area contributed by atoms with Crippen molar-refractivity contribution in [2.45, 2.75) is 0 Å². The first-order valence-electron chi connectivity index (χ1n) is 30.8. The van der Waals surface area contributed by atoms with E-state index in [9.17, 15) is 0 Å². The van der Waals surface area contributed by atoms with E-state index < -0.39 is 0 Å². The van der Waals surface area contributed by atoms with Gasteiger partial charge in [0.1, 0.15) is 39.1 Å².